The predicted octanol–water partition coefficient (Wildman–Crippen LogP) is -0.223. The van der Waals surface area contributed by atoms with Gasteiger partial charge < -0.3 is 64.0 Å². The normalized spacial score (nSPS) is 21.9. The van der Waals surface area contributed by atoms with E-state index in [-0.39, 0.29) is 81.4 Å². The summed E-state index contributed by atoms with van der Waals surface area (Å²) in [5.41, 5.74) is 12.5. The van der Waals surface area contributed by atoms with Crippen molar-refractivity contribution in [1.29, 1.82) is 5.41 Å². The highest BCUT2D eigenvalue weighted by Crippen LogP contribution is 2.22. The molecule has 2 saturated heterocycles. The zero-order valence-corrected chi connectivity index (χ0v) is 43.1. The molecule has 400 valence electrons. The zero-order valence-electron chi connectivity index (χ0n) is 41.5. The number of carbonyl (C=O) groups excluding carboxylic acids is 9. The Labute approximate surface area is 437 Å². The summed E-state index contributed by atoms with van der Waals surface area (Å²) in [6.07, 6.45) is 0.671. The van der Waals surface area contributed by atoms with Crippen LogP contribution in [-0.2, 0) is 62.5 Å². The Morgan fingerprint density at radius 1 is 0.797 bits per heavy atom. The van der Waals surface area contributed by atoms with Crippen LogP contribution >= 0.6 is 23.1 Å². The standard InChI is InChI=1S/C50H68N12O10S2/c1-29(2)42-48(71)59-37(26-40(51)64)45(68)60-38(49(72)62-21-7-14-39(62)47(70)57-34(13-6-20-54-50(52)53)43(66)55-27-31-10-4-3-5-11-31)28-73-22-9-15-41(65)56-35(24-30-16-18-32(63)19-17-30)44(67)58-36(46(69)61-42)25-33-12-8-23-74-33/h3-5,8,10-12,16-19,23,29,34-39,42,63H,6-7,9,13-15,20-22,24-28H2,1-2H3,(H2,51,64)(H,55,66)(H,56,65)(H,57,70)(H,58,67)(H,59,71)(H,60,68)(H,61,69)(H4,52,53,54)/t34-,35+,36+,37+,38+,39+,42+/m1/s1. The van der Waals surface area contributed by atoms with Crippen LogP contribution in [0.3, 0.4) is 0 Å². The van der Waals surface area contributed by atoms with Crippen LogP contribution in [-0.4, -0.2) is 136 Å². The molecule has 3 aromatic rings. The van der Waals surface area contributed by atoms with E-state index in [0.29, 0.717) is 18.4 Å². The number of thiophene rings is 1. The van der Waals surface area contributed by atoms with Gasteiger partial charge in [-0.25, -0.2) is 0 Å². The maximum atomic E-state index is 14.7. The molecule has 2 aliphatic rings. The average Bonchev–Trinajstić information content (AvgIpc) is 4.08. The minimum atomic E-state index is -1.62. The fraction of sp³-hybridized carbons (Fsp3) is 0.480. The minimum absolute atomic E-state index is 0.000273. The van der Waals surface area contributed by atoms with Gasteiger partial charge in [-0.3, -0.25) is 48.6 Å². The van der Waals surface area contributed by atoms with Gasteiger partial charge in [0.05, 0.1) is 6.42 Å². The smallest absolute Gasteiger partial charge is 0.246 e. The van der Waals surface area contributed by atoms with Crippen LogP contribution in [0.15, 0.2) is 72.1 Å². The summed E-state index contributed by atoms with van der Waals surface area (Å²) < 4.78 is 0. The number of nitrogens with two attached hydrogens (primary N) is 2. The van der Waals surface area contributed by atoms with Crippen molar-refractivity contribution in [1.82, 2.24) is 47.4 Å². The second-order valence-electron chi connectivity index (χ2n) is 18.5. The molecule has 7 atom stereocenters. The molecule has 14 N–H and O–H groups in total. The highest BCUT2D eigenvalue weighted by atomic mass is 32.2. The van der Waals surface area contributed by atoms with Crippen molar-refractivity contribution in [2.24, 2.45) is 17.4 Å². The molecule has 0 aliphatic carbocycles. The molecule has 9 amide bonds. The van der Waals surface area contributed by atoms with E-state index in [1.165, 1.54) is 40.1 Å². The number of nitrogens with one attached hydrogen (secondary N) is 9. The number of guanidine groups is 1. The van der Waals surface area contributed by atoms with Crippen molar-refractivity contribution >= 4 is 82.2 Å². The maximum absolute atomic E-state index is 14.7. The summed E-state index contributed by atoms with van der Waals surface area (Å²) in [6.45, 7) is 3.84. The number of phenolic OH excluding ortho intramolecular Hbond substituents is 1. The fourth-order valence-electron chi connectivity index (χ4n) is 8.38. The molecule has 74 heavy (non-hydrogen) atoms. The van der Waals surface area contributed by atoms with E-state index in [1.54, 1.807) is 43.5 Å². The Balaban J connectivity index is 1.40. The van der Waals surface area contributed by atoms with Gasteiger partial charge in [0.15, 0.2) is 5.96 Å². The maximum Gasteiger partial charge on any atom is 0.246 e. The summed E-state index contributed by atoms with van der Waals surface area (Å²) in [5.74, 6) is -7.09. The van der Waals surface area contributed by atoms with Crippen LogP contribution in [0.1, 0.15) is 74.8 Å². The van der Waals surface area contributed by atoms with Crippen molar-refractivity contribution in [3.63, 3.8) is 0 Å². The monoisotopic (exact) mass is 1060 g/mol. The van der Waals surface area contributed by atoms with Crippen molar-refractivity contribution in [3.05, 3.63) is 88.1 Å². The molecule has 2 fully saturated rings. The van der Waals surface area contributed by atoms with E-state index in [0.717, 1.165) is 10.4 Å². The molecule has 0 radical (unpaired) electrons. The number of primary amides is 1. The van der Waals surface area contributed by atoms with E-state index in [9.17, 15) is 48.3 Å². The third-order valence-corrected chi connectivity index (χ3v) is 14.3. The summed E-state index contributed by atoms with van der Waals surface area (Å²) >= 11 is 2.56. The Morgan fingerprint density at radius 2 is 1.49 bits per heavy atom. The highest BCUT2D eigenvalue weighted by Gasteiger charge is 2.40. The third-order valence-electron chi connectivity index (χ3n) is 12.3. The second-order valence-corrected chi connectivity index (χ2v) is 20.7. The Hall–Kier alpha value is -7.21. The van der Waals surface area contributed by atoms with Crippen molar-refractivity contribution in [3.8, 4) is 5.75 Å². The van der Waals surface area contributed by atoms with Gasteiger partial charge in [-0.15, -0.1) is 11.3 Å². The Bertz CT molecular complexity index is 2430. The van der Waals surface area contributed by atoms with E-state index >= 15 is 0 Å². The number of likely N-dealkylation sites (tertiary alicyclic amines) is 1. The molecular formula is C50H68N12O10S2. The second kappa shape index (κ2) is 28.9. The first-order valence-electron chi connectivity index (χ1n) is 24.6. The van der Waals surface area contributed by atoms with Gasteiger partial charge in [0.1, 0.15) is 48.0 Å². The molecule has 0 bridgehead atoms. The lowest BCUT2D eigenvalue weighted by Gasteiger charge is -2.31. The number of phenols is 1. The van der Waals surface area contributed by atoms with E-state index in [1.807, 2.05) is 30.3 Å². The lowest BCUT2D eigenvalue weighted by molar-refractivity contribution is -0.142. The van der Waals surface area contributed by atoms with Gasteiger partial charge in [0.25, 0.3) is 0 Å². The number of rotatable bonds is 17. The van der Waals surface area contributed by atoms with Gasteiger partial charge >= 0.3 is 0 Å². The van der Waals surface area contributed by atoms with E-state index in [4.69, 9.17) is 16.9 Å². The number of hydrogen-bond acceptors (Lipinski definition) is 13. The Morgan fingerprint density at radius 3 is 2.16 bits per heavy atom. The largest absolute Gasteiger partial charge is 0.508 e. The number of carbonyl (C=O) groups is 9. The van der Waals surface area contributed by atoms with Crippen molar-refractivity contribution < 1.29 is 48.3 Å². The third kappa shape index (κ3) is 18.4. The van der Waals surface area contributed by atoms with Crippen LogP contribution in [0.4, 0.5) is 0 Å². The SMILES string of the molecule is CC(C)[C@@H]1NC(=O)[C@H](Cc2cccs2)NC(=O)[C@H](Cc2ccc(O)cc2)NC(=O)CCCSC[C@@H](C(=O)N2CCC[C@H]2C(=O)N[C@H](CCCNC(=N)N)C(=O)NCc2ccccc2)NC(=O)[C@H](CC(N)=O)NC1=O. The summed E-state index contributed by atoms with van der Waals surface area (Å²) in [7, 11) is 0. The van der Waals surface area contributed by atoms with Crippen molar-refractivity contribution in [2.75, 3.05) is 24.6 Å². The predicted molar refractivity (Wildman–Crippen MR) is 279 cm³/mol. The molecule has 24 heteroatoms. The van der Waals surface area contributed by atoms with Crippen LogP contribution in [0.25, 0.3) is 0 Å². The van der Waals surface area contributed by atoms with Gasteiger partial charge in [-0.2, -0.15) is 11.8 Å². The summed E-state index contributed by atoms with van der Waals surface area (Å²) in [4.78, 5) is 127. The molecule has 0 unspecified atom stereocenters. The first-order chi connectivity index (χ1) is 35.4. The van der Waals surface area contributed by atoms with Gasteiger partial charge in [-0.1, -0.05) is 62.4 Å². The number of aromatic hydroxyl groups is 1. The summed E-state index contributed by atoms with van der Waals surface area (Å²) in [5, 5.41) is 41.0. The summed E-state index contributed by atoms with van der Waals surface area (Å²) in [6, 6.07) is 10.0. The van der Waals surface area contributed by atoms with E-state index < -0.39 is 108 Å². The average molecular weight is 1060 g/mol. The number of nitrogens with zero attached hydrogens (tertiary/aromatic N) is 1. The number of amides is 9. The molecule has 3 heterocycles. The number of thioether (sulfide) groups is 1. The van der Waals surface area contributed by atoms with Crippen LogP contribution < -0.4 is 54.0 Å². The number of benzene rings is 2. The number of hydrogen-bond donors (Lipinski definition) is 12. The Kier molecular flexibility index (Phi) is 22.5. The molecule has 0 saturated carbocycles. The minimum Gasteiger partial charge on any atom is -0.508 e. The zero-order chi connectivity index (χ0) is 53.7. The quantitative estimate of drug-likeness (QED) is 0.0473. The first kappa shape index (κ1) is 57.7. The van der Waals surface area contributed by atoms with Crippen molar-refractivity contribution in [2.45, 2.75) is 120 Å². The molecule has 2 aromatic carbocycles. The van der Waals surface area contributed by atoms with Crippen LogP contribution in [0, 0.1) is 11.3 Å². The lowest BCUT2D eigenvalue weighted by Crippen LogP contribution is -2.61. The van der Waals surface area contributed by atoms with E-state index in [2.05, 4.69) is 42.5 Å². The molecule has 5 rings (SSSR count). The van der Waals surface area contributed by atoms with Crippen LogP contribution in [0.2, 0.25) is 0 Å². The first-order valence-corrected chi connectivity index (χ1v) is 26.6. The molecule has 2 aliphatic heterocycles. The topological polar surface area (TPSA) is 349 Å². The molecular weight excluding hydrogens is 993 g/mol. The van der Waals surface area contributed by atoms with Gasteiger partial charge in [0, 0.05) is 49.5 Å². The molecule has 1 aromatic heterocycles. The van der Waals surface area contributed by atoms with Gasteiger partial charge in [0.2, 0.25) is 53.2 Å². The highest BCUT2D eigenvalue weighted by molar-refractivity contribution is 7.99. The lowest BCUT2D eigenvalue weighted by atomic mass is 10.0. The fourth-order valence-corrected chi connectivity index (χ4v) is 10.1. The molecule has 0 spiro atoms. The van der Waals surface area contributed by atoms with Gasteiger partial charge in [-0.05, 0) is 78.5 Å². The van der Waals surface area contributed by atoms with Crippen LogP contribution in [0.5, 0.6) is 5.75 Å². The molecule has 22 nitrogen and oxygen atoms in total.